The number of hydrogen-bond donors (Lipinski definition) is 1. The van der Waals surface area contributed by atoms with Gasteiger partial charge in [-0.3, -0.25) is 9.59 Å². The molecule has 1 saturated heterocycles. The van der Waals surface area contributed by atoms with Crippen molar-refractivity contribution >= 4 is 30.2 Å². The van der Waals surface area contributed by atoms with Gasteiger partial charge < -0.3 is 19.9 Å². The number of aldehydes is 1. The van der Waals surface area contributed by atoms with Crippen LogP contribution in [0.25, 0.3) is 6.08 Å². The van der Waals surface area contributed by atoms with E-state index in [-0.39, 0.29) is 18.3 Å². The fourth-order valence-corrected chi connectivity index (χ4v) is 5.16. The van der Waals surface area contributed by atoms with E-state index in [1.54, 1.807) is 42.4 Å². The molecule has 2 N–H and O–H groups in total. The van der Waals surface area contributed by atoms with E-state index in [1.165, 1.54) is 0 Å². The summed E-state index contributed by atoms with van der Waals surface area (Å²) >= 11 is -1.39. The SMILES string of the molecule is CN(/C=C\c1c(C=O)cccc1[S+]([O-])N1CC[C@H](N)C12CC2)COC=O. The Hall–Kier alpha value is -1.87. The molecule has 1 saturated carbocycles. The molecular weight excluding hydrogens is 354 g/mol. The monoisotopic (exact) mass is 377 g/mol. The van der Waals surface area contributed by atoms with Crippen LogP contribution in [0.1, 0.15) is 35.2 Å². The zero-order valence-electron chi connectivity index (χ0n) is 14.7. The Morgan fingerprint density at radius 1 is 1.46 bits per heavy atom. The van der Waals surface area contributed by atoms with Gasteiger partial charge in [-0.15, -0.1) is 4.31 Å². The van der Waals surface area contributed by atoms with Crippen molar-refractivity contribution in [1.29, 1.82) is 0 Å². The van der Waals surface area contributed by atoms with Crippen LogP contribution in [0.5, 0.6) is 0 Å². The maximum atomic E-state index is 13.3. The first-order valence-corrected chi connectivity index (χ1v) is 9.61. The molecule has 2 fully saturated rings. The third-order valence-corrected chi connectivity index (χ3v) is 6.73. The highest BCUT2D eigenvalue weighted by Crippen LogP contribution is 2.51. The fourth-order valence-electron chi connectivity index (χ4n) is 3.43. The van der Waals surface area contributed by atoms with Crippen molar-refractivity contribution in [2.75, 3.05) is 20.3 Å². The number of carbonyl (C=O) groups is 2. The van der Waals surface area contributed by atoms with Crippen molar-refractivity contribution in [3.8, 4) is 0 Å². The van der Waals surface area contributed by atoms with Crippen molar-refractivity contribution in [1.82, 2.24) is 9.21 Å². The summed E-state index contributed by atoms with van der Waals surface area (Å²) in [4.78, 5) is 24.0. The van der Waals surface area contributed by atoms with Gasteiger partial charge in [0, 0.05) is 37.0 Å². The Bertz CT molecular complexity index is 708. The first-order valence-electron chi connectivity index (χ1n) is 8.50. The smallest absolute Gasteiger partial charge is 0.294 e. The van der Waals surface area contributed by atoms with Gasteiger partial charge in [-0.1, -0.05) is 12.1 Å². The van der Waals surface area contributed by atoms with Gasteiger partial charge in [0.05, 0.1) is 16.9 Å². The van der Waals surface area contributed by atoms with E-state index in [2.05, 4.69) is 4.74 Å². The summed E-state index contributed by atoms with van der Waals surface area (Å²) in [5.74, 6) is 0. The minimum atomic E-state index is -1.39. The lowest BCUT2D eigenvalue weighted by Crippen LogP contribution is -2.44. The molecule has 1 spiro atoms. The average Bonchev–Trinajstić information content (AvgIpc) is 3.38. The van der Waals surface area contributed by atoms with E-state index >= 15 is 0 Å². The van der Waals surface area contributed by atoms with Gasteiger partial charge in [0.2, 0.25) is 0 Å². The number of nitrogens with two attached hydrogens (primary N) is 1. The second kappa shape index (κ2) is 7.79. The van der Waals surface area contributed by atoms with Gasteiger partial charge in [-0.05, 0) is 31.4 Å². The second-order valence-electron chi connectivity index (χ2n) is 6.69. The van der Waals surface area contributed by atoms with Crippen LogP contribution in [0.15, 0.2) is 29.3 Å². The van der Waals surface area contributed by atoms with Crippen LogP contribution in [-0.2, 0) is 20.9 Å². The maximum Gasteiger partial charge on any atom is 0.294 e. The van der Waals surface area contributed by atoms with E-state index in [0.717, 1.165) is 25.5 Å². The molecule has 26 heavy (non-hydrogen) atoms. The molecule has 1 aliphatic carbocycles. The van der Waals surface area contributed by atoms with E-state index in [1.807, 2.05) is 4.31 Å². The van der Waals surface area contributed by atoms with Gasteiger partial charge >= 0.3 is 0 Å². The molecule has 0 aromatic heterocycles. The summed E-state index contributed by atoms with van der Waals surface area (Å²) in [6.07, 6.45) is 6.92. The normalized spacial score (nSPS) is 22.5. The summed E-state index contributed by atoms with van der Waals surface area (Å²) in [5, 5.41) is 0. The highest BCUT2D eigenvalue weighted by atomic mass is 32.2. The number of benzene rings is 1. The van der Waals surface area contributed by atoms with E-state index in [4.69, 9.17) is 5.73 Å². The number of carbonyl (C=O) groups excluding carboxylic acids is 2. The van der Waals surface area contributed by atoms with E-state index in [0.29, 0.717) is 29.0 Å². The number of nitrogens with zero attached hydrogens (tertiary/aromatic N) is 2. The molecule has 7 nitrogen and oxygen atoms in total. The van der Waals surface area contributed by atoms with Crippen molar-refractivity contribution < 1.29 is 18.9 Å². The second-order valence-corrected chi connectivity index (χ2v) is 8.07. The van der Waals surface area contributed by atoms with Gasteiger partial charge in [-0.2, -0.15) is 0 Å². The molecule has 8 heteroatoms. The summed E-state index contributed by atoms with van der Waals surface area (Å²) in [6.45, 7) is 1.15. The van der Waals surface area contributed by atoms with Crippen LogP contribution < -0.4 is 5.73 Å². The third kappa shape index (κ3) is 3.50. The lowest BCUT2D eigenvalue weighted by atomic mass is 10.1. The average molecular weight is 377 g/mol. The fraction of sp³-hybridized carbons (Fsp3) is 0.444. The Morgan fingerprint density at radius 2 is 2.23 bits per heavy atom. The van der Waals surface area contributed by atoms with Crippen LogP contribution in [-0.4, -0.2) is 58.4 Å². The van der Waals surface area contributed by atoms with Crippen molar-refractivity contribution in [3.05, 3.63) is 35.5 Å². The van der Waals surface area contributed by atoms with Crippen LogP contribution >= 0.6 is 0 Å². The number of ether oxygens (including phenoxy) is 1. The predicted octanol–water partition coefficient (Wildman–Crippen LogP) is 1.12. The quantitative estimate of drug-likeness (QED) is 0.412. The van der Waals surface area contributed by atoms with Gasteiger partial charge in [0.25, 0.3) is 6.47 Å². The molecule has 1 aromatic carbocycles. The summed E-state index contributed by atoms with van der Waals surface area (Å²) in [6, 6.07) is 5.26. The highest BCUT2D eigenvalue weighted by molar-refractivity contribution is 7.89. The van der Waals surface area contributed by atoms with E-state index < -0.39 is 11.4 Å². The Labute approximate surface area is 156 Å². The molecule has 1 heterocycles. The molecule has 1 aliphatic heterocycles. The van der Waals surface area contributed by atoms with Crippen molar-refractivity contribution in [2.24, 2.45) is 5.73 Å². The zero-order chi connectivity index (χ0) is 18.7. The summed E-state index contributed by atoms with van der Waals surface area (Å²) in [5.41, 5.74) is 7.14. The van der Waals surface area contributed by atoms with Crippen LogP contribution in [0.2, 0.25) is 0 Å². The minimum absolute atomic E-state index is 0.0475. The predicted molar refractivity (Wildman–Crippen MR) is 98.3 cm³/mol. The Kier molecular flexibility index (Phi) is 5.67. The molecule has 0 amide bonds. The Morgan fingerprint density at radius 3 is 2.88 bits per heavy atom. The molecular formula is C18H23N3O4S. The molecule has 140 valence electrons. The standard InChI is InChI=1S/C18H23N3O4S/c1-20(12-25-13-23)9-5-15-14(11-22)3-2-4-16(15)26(24)21-10-6-17(19)18(21)7-8-18/h2-5,9,11,13,17H,6-8,10,12,19H2,1H3/b9-5-/t17-,26?/m0/s1. The largest absolute Gasteiger partial charge is 0.593 e. The zero-order valence-corrected chi connectivity index (χ0v) is 15.5. The molecule has 2 aliphatic rings. The highest BCUT2D eigenvalue weighted by Gasteiger charge is 2.61. The summed E-state index contributed by atoms with van der Waals surface area (Å²) < 4.78 is 20.0. The van der Waals surface area contributed by atoms with Crippen LogP contribution in [0.4, 0.5) is 0 Å². The lowest BCUT2D eigenvalue weighted by Gasteiger charge is -2.28. The molecule has 1 aromatic rings. The van der Waals surface area contributed by atoms with Gasteiger partial charge in [0.15, 0.2) is 17.9 Å². The number of hydrogen-bond acceptors (Lipinski definition) is 7. The third-order valence-electron chi connectivity index (χ3n) is 5.05. The minimum Gasteiger partial charge on any atom is -0.593 e. The number of rotatable bonds is 8. The topological polar surface area (TPSA) is 98.9 Å². The maximum absolute atomic E-state index is 13.3. The molecule has 1 unspecified atom stereocenters. The van der Waals surface area contributed by atoms with Crippen molar-refractivity contribution in [3.63, 3.8) is 0 Å². The first kappa shape index (κ1) is 18.9. The first-order chi connectivity index (χ1) is 12.5. The van der Waals surface area contributed by atoms with Gasteiger partial charge in [0.1, 0.15) is 0 Å². The molecule has 0 bridgehead atoms. The van der Waals surface area contributed by atoms with Gasteiger partial charge in [-0.25, -0.2) is 0 Å². The Balaban J connectivity index is 1.88. The van der Waals surface area contributed by atoms with Crippen molar-refractivity contribution in [2.45, 2.75) is 35.7 Å². The lowest BCUT2D eigenvalue weighted by molar-refractivity contribution is -0.131. The molecule has 0 radical (unpaired) electrons. The van der Waals surface area contributed by atoms with Crippen LogP contribution in [0.3, 0.4) is 0 Å². The molecule has 2 atom stereocenters. The van der Waals surface area contributed by atoms with E-state index in [9.17, 15) is 14.1 Å². The van der Waals surface area contributed by atoms with Crippen LogP contribution in [0, 0.1) is 0 Å². The molecule has 3 rings (SSSR count). The summed E-state index contributed by atoms with van der Waals surface area (Å²) in [7, 11) is 1.73.